The fourth-order valence-electron chi connectivity index (χ4n) is 3.49. The van der Waals surface area contributed by atoms with E-state index in [4.69, 9.17) is 0 Å². The van der Waals surface area contributed by atoms with Gasteiger partial charge in [-0.1, -0.05) is 31.4 Å². The summed E-state index contributed by atoms with van der Waals surface area (Å²) in [5, 5.41) is 0. The van der Waals surface area contributed by atoms with Crippen LogP contribution in [0.15, 0.2) is 30.6 Å². The maximum atomic E-state index is 13.3. The Morgan fingerprint density at radius 1 is 0.955 bits per heavy atom. The molecule has 0 unspecified atom stereocenters. The van der Waals surface area contributed by atoms with Gasteiger partial charge in [-0.05, 0) is 68.1 Å². The lowest BCUT2D eigenvalue weighted by Gasteiger charge is -2.29. The smallest absolute Gasteiger partial charge is 0.159 e. The van der Waals surface area contributed by atoms with Crippen molar-refractivity contribution in [2.75, 3.05) is 0 Å². The van der Waals surface area contributed by atoms with E-state index < -0.39 is 11.6 Å². The zero-order valence-electron chi connectivity index (χ0n) is 13.0. The predicted octanol–water partition coefficient (Wildman–Crippen LogP) is 6.67. The average molecular weight is 310 g/mol. The molecular weight excluding hydrogens is 285 g/mol. The number of halogens is 3. The van der Waals surface area contributed by atoms with Crippen LogP contribution in [0.25, 0.3) is 0 Å². The highest BCUT2D eigenvalue weighted by molar-refractivity contribution is 5.22. The number of rotatable bonds is 7. The molecule has 0 heterocycles. The topological polar surface area (TPSA) is 0 Å². The van der Waals surface area contributed by atoms with Crippen LogP contribution in [0.4, 0.5) is 13.2 Å². The second-order valence-corrected chi connectivity index (χ2v) is 6.39. The van der Waals surface area contributed by atoms with Gasteiger partial charge in [-0.3, -0.25) is 0 Å². The molecule has 0 atom stereocenters. The quantitative estimate of drug-likeness (QED) is 0.493. The van der Waals surface area contributed by atoms with E-state index in [1.807, 2.05) is 0 Å². The van der Waals surface area contributed by atoms with E-state index in [2.05, 4.69) is 0 Å². The molecule has 1 aliphatic carbocycles. The van der Waals surface area contributed by atoms with Crippen LogP contribution in [0.3, 0.4) is 0 Å². The van der Waals surface area contributed by atoms with Crippen LogP contribution in [0.2, 0.25) is 0 Å². The molecular formula is C19H25F3. The maximum absolute atomic E-state index is 13.3. The first-order valence-electron chi connectivity index (χ1n) is 8.41. The third-order valence-electron chi connectivity index (χ3n) is 4.83. The van der Waals surface area contributed by atoms with Gasteiger partial charge in [0.05, 0.1) is 6.33 Å². The lowest BCUT2D eigenvalue weighted by Crippen LogP contribution is -2.13. The first-order chi connectivity index (χ1) is 10.7. The van der Waals surface area contributed by atoms with Gasteiger partial charge >= 0.3 is 0 Å². The summed E-state index contributed by atoms with van der Waals surface area (Å²) in [4.78, 5) is 0. The molecule has 0 bridgehead atoms. The summed E-state index contributed by atoms with van der Waals surface area (Å²) in [5.74, 6) is -0.360. The minimum atomic E-state index is -0.764. The molecule has 0 spiro atoms. The SMILES string of the molecule is F/C=C/CCCCCC1CCC(c2ccc(F)c(F)c2)CC1. The number of hydrogen-bond donors (Lipinski definition) is 0. The van der Waals surface area contributed by atoms with E-state index >= 15 is 0 Å². The first-order valence-corrected chi connectivity index (χ1v) is 8.41. The molecule has 0 N–H and O–H groups in total. The minimum absolute atomic E-state index is 0.376. The standard InChI is InChI=1S/C19H25F3/c20-13-5-3-1-2-4-6-15-7-9-16(10-8-15)17-11-12-18(21)19(22)14-17/h5,11-16H,1-4,6-10H2/b13-5+. The Balaban J connectivity index is 1.68. The molecule has 0 radical (unpaired) electrons. The van der Waals surface area contributed by atoms with Gasteiger partial charge in [0, 0.05) is 0 Å². The second-order valence-electron chi connectivity index (χ2n) is 6.39. The van der Waals surface area contributed by atoms with Gasteiger partial charge in [0.2, 0.25) is 0 Å². The van der Waals surface area contributed by atoms with Crippen molar-refractivity contribution in [2.24, 2.45) is 5.92 Å². The Bertz CT molecular complexity index is 474. The van der Waals surface area contributed by atoms with Gasteiger partial charge in [-0.2, -0.15) is 0 Å². The molecule has 2 rings (SSSR count). The van der Waals surface area contributed by atoms with E-state index in [1.165, 1.54) is 37.8 Å². The zero-order chi connectivity index (χ0) is 15.8. The van der Waals surface area contributed by atoms with Crippen molar-refractivity contribution >= 4 is 0 Å². The summed E-state index contributed by atoms with van der Waals surface area (Å²) in [7, 11) is 0. The van der Waals surface area contributed by atoms with Crippen LogP contribution < -0.4 is 0 Å². The molecule has 0 saturated heterocycles. The molecule has 3 heteroatoms. The van der Waals surface area contributed by atoms with Crippen LogP contribution >= 0.6 is 0 Å². The zero-order valence-corrected chi connectivity index (χ0v) is 13.0. The molecule has 1 saturated carbocycles. The average Bonchev–Trinajstić information content (AvgIpc) is 2.54. The van der Waals surface area contributed by atoms with Gasteiger partial charge in [0.1, 0.15) is 0 Å². The number of allylic oxidation sites excluding steroid dienone is 1. The molecule has 1 aromatic rings. The van der Waals surface area contributed by atoms with E-state index in [0.717, 1.165) is 43.6 Å². The van der Waals surface area contributed by atoms with Crippen molar-refractivity contribution < 1.29 is 13.2 Å². The summed E-state index contributed by atoms with van der Waals surface area (Å²) >= 11 is 0. The predicted molar refractivity (Wildman–Crippen MR) is 84.4 cm³/mol. The molecule has 0 aliphatic heterocycles. The Labute approximate surface area is 131 Å². The summed E-state index contributed by atoms with van der Waals surface area (Å²) < 4.78 is 38.1. The Kier molecular flexibility index (Phi) is 7.01. The molecule has 122 valence electrons. The van der Waals surface area contributed by atoms with Gasteiger partial charge in [-0.15, -0.1) is 0 Å². The van der Waals surface area contributed by atoms with Crippen molar-refractivity contribution in [1.29, 1.82) is 0 Å². The summed E-state index contributed by atoms with van der Waals surface area (Å²) in [6, 6.07) is 4.32. The van der Waals surface area contributed by atoms with Crippen LogP contribution in [0, 0.1) is 17.6 Å². The Hall–Kier alpha value is -1.25. The van der Waals surface area contributed by atoms with Gasteiger partial charge in [0.15, 0.2) is 11.6 Å². The van der Waals surface area contributed by atoms with Crippen LogP contribution in [-0.2, 0) is 0 Å². The van der Waals surface area contributed by atoms with E-state index in [9.17, 15) is 13.2 Å². The molecule has 0 aromatic heterocycles. The van der Waals surface area contributed by atoms with Crippen molar-refractivity contribution in [3.63, 3.8) is 0 Å². The minimum Gasteiger partial charge on any atom is -0.216 e. The number of hydrogen-bond acceptors (Lipinski definition) is 0. The Morgan fingerprint density at radius 2 is 1.73 bits per heavy atom. The molecule has 0 amide bonds. The van der Waals surface area contributed by atoms with Crippen molar-refractivity contribution in [1.82, 2.24) is 0 Å². The third-order valence-corrected chi connectivity index (χ3v) is 4.83. The lowest BCUT2D eigenvalue weighted by atomic mass is 9.77. The normalized spacial score (nSPS) is 22.3. The van der Waals surface area contributed by atoms with E-state index in [-0.39, 0.29) is 0 Å². The first kappa shape index (κ1) is 17.1. The molecule has 0 nitrogen and oxygen atoms in total. The van der Waals surface area contributed by atoms with Gasteiger partial charge < -0.3 is 0 Å². The van der Waals surface area contributed by atoms with Gasteiger partial charge in [-0.25, -0.2) is 13.2 Å². The summed E-state index contributed by atoms with van der Waals surface area (Å²) in [5.41, 5.74) is 0.940. The van der Waals surface area contributed by atoms with E-state index in [0.29, 0.717) is 12.2 Å². The van der Waals surface area contributed by atoms with E-state index in [1.54, 1.807) is 12.1 Å². The fraction of sp³-hybridized carbons (Fsp3) is 0.579. The molecule has 1 aliphatic rings. The lowest BCUT2D eigenvalue weighted by molar-refractivity contribution is 0.302. The van der Waals surface area contributed by atoms with Gasteiger partial charge in [0.25, 0.3) is 0 Å². The molecule has 1 fully saturated rings. The highest BCUT2D eigenvalue weighted by Gasteiger charge is 2.22. The third kappa shape index (κ3) is 5.19. The summed E-state index contributed by atoms with van der Waals surface area (Å²) in [6.45, 7) is 0. The van der Waals surface area contributed by atoms with Crippen LogP contribution in [-0.4, -0.2) is 0 Å². The van der Waals surface area contributed by atoms with Crippen molar-refractivity contribution in [3.8, 4) is 0 Å². The monoisotopic (exact) mass is 310 g/mol. The second kappa shape index (κ2) is 9.02. The highest BCUT2D eigenvalue weighted by atomic mass is 19.2. The van der Waals surface area contributed by atoms with Crippen LogP contribution in [0.1, 0.15) is 69.3 Å². The van der Waals surface area contributed by atoms with Crippen molar-refractivity contribution in [3.05, 3.63) is 47.8 Å². The Morgan fingerprint density at radius 3 is 2.41 bits per heavy atom. The molecule has 22 heavy (non-hydrogen) atoms. The highest BCUT2D eigenvalue weighted by Crippen LogP contribution is 2.38. The van der Waals surface area contributed by atoms with Crippen molar-refractivity contribution in [2.45, 2.75) is 63.7 Å². The largest absolute Gasteiger partial charge is 0.216 e. The summed E-state index contributed by atoms with van der Waals surface area (Å²) in [6.07, 6.45) is 12.2. The number of benzene rings is 1. The maximum Gasteiger partial charge on any atom is 0.159 e. The van der Waals surface area contributed by atoms with Crippen LogP contribution in [0.5, 0.6) is 0 Å². The number of unbranched alkanes of at least 4 members (excludes halogenated alkanes) is 3. The fourth-order valence-corrected chi connectivity index (χ4v) is 3.49. The molecule has 1 aromatic carbocycles.